The molecule has 0 radical (unpaired) electrons. The van der Waals surface area contributed by atoms with E-state index in [2.05, 4.69) is 25.1 Å². The average molecular weight is 381 g/mol. The fraction of sp³-hybridized carbons (Fsp3) is 0.364. The first kappa shape index (κ1) is 18.1. The van der Waals surface area contributed by atoms with Gasteiger partial charge < -0.3 is 4.74 Å². The number of ether oxygens (including phenoxy) is 1. The van der Waals surface area contributed by atoms with Crippen LogP contribution in [0.4, 0.5) is 5.13 Å². The normalized spacial score (nSPS) is 16.8. The third-order valence-corrected chi connectivity index (χ3v) is 6.07. The van der Waals surface area contributed by atoms with Crippen molar-refractivity contribution in [1.82, 2.24) is 4.98 Å². The zero-order valence-corrected chi connectivity index (χ0v) is 16.8. The molecule has 2 heterocycles. The van der Waals surface area contributed by atoms with Crippen LogP contribution in [0.5, 0.6) is 0 Å². The van der Waals surface area contributed by atoms with Crippen LogP contribution < -0.4 is 4.90 Å². The van der Waals surface area contributed by atoms with Crippen LogP contribution >= 0.6 is 11.3 Å². The lowest BCUT2D eigenvalue weighted by Gasteiger charge is -2.24. The SMILES string of the molecule is Cc1ccc(C(=O)N(CC2CCCO2)c2nc3ccc(C)cc3s2)c(C)c1. The van der Waals surface area contributed by atoms with Crippen molar-refractivity contribution >= 4 is 32.6 Å². The molecule has 27 heavy (non-hydrogen) atoms. The number of amides is 1. The number of hydrogen-bond acceptors (Lipinski definition) is 4. The van der Waals surface area contributed by atoms with Crippen LogP contribution in [0.25, 0.3) is 10.2 Å². The molecule has 4 nitrogen and oxygen atoms in total. The van der Waals surface area contributed by atoms with Crippen molar-refractivity contribution in [2.24, 2.45) is 0 Å². The van der Waals surface area contributed by atoms with Gasteiger partial charge in [0.15, 0.2) is 5.13 Å². The Hall–Kier alpha value is -2.24. The molecule has 0 aliphatic carbocycles. The number of aryl methyl sites for hydroxylation is 3. The van der Waals surface area contributed by atoms with Gasteiger partial charge in [0.25, 0.3) is 5.91 Å². The molecule has 4 rings (SSSR count). The van der Waals surface area contributed by atoms with Gasteiger partial charge in [0.1, 0.15) is 0 Å². The van der Waals surface area contributed by atoms with E-state index < -0.39 is 0 Å². The lowest BCUT2D eigenvalue weighted by Crippen LogP contribution is -2.37. The summed E-state index contributed by atoms with van der Waals surface area (Å²) in [7, 11) is 0. The Morgan fingerprint density at radius 3 is 2.70 bits per heavy atom. The van der Waals surface area contributed by atoms with Crippen molar-refractivity contribution in [2.45, 2.75) is 39.7 Å². The number of rotatable bonds is 4. The molecule has 2 aromatic carbocycles. The van der Waals surface area contributed by atoms with Gasteiger partial charge in [0.2, 0.25) is 0 Å². The highest BCUT2D eigenvalue weighted by atomic mass is 32.1. The molecule has 3 aromatic rings. The van der Waals surface area contributed by atoms with E-state index in [0.29, 0.717) is 6.54 Å². The molecule has 5 heteroatoms. The summed E-state index contributed by atoms with van der Waals surface area (Å²) in [5.74, 6) is -0.00113. The molecular formula is C22H24N2O2S. The van der Waals surface area contributed by atoms with Crippen LogP contribution in [0, 0.1) is 20.8 Å². The highest BCUT2D eigenvalue weighted by Crippen LogP contribution is 2.32. The van der Waals surface area contributed by atoms with Gasteiger partial charge in [0.05, 0.1) is 22.9 Å². The highest BCUT2D eigenvalue weighted by Gasteiger charge is 2.27. The van der Waals surface area contributed by atoms with Gasteiger partial charge in [-0.3, -0.25) is 9.69 Å². The third-order valence-electron chi connectivity index (χ3n) is 5.03. The number of anilines is 1. The zero-order valence-electron chi connectivity index (χ0n) is 16.0. The minimum atomic E-state index is -0.00113. The maximum absolute atomic E-state index is 13.4. The number of carbonyl (C=O) groups excluding carboxylic acids is 1. The Balaban J connectivity index is 1.73. The number of hydrogen-bond donors (Lipinski definition) is 0. The summed E-state index contributed by atoms with van der Waals surface area (Å²) in [4.78, 5) is 20.0. The minimum Gasteiger partial charge on any atom is -0.376 e. The fourth-order valence-electron chi connectivity index (χ4n) is 3.57. The van der Waals surface area contributed by atoms with Gasteiger partial charge in [-0.2, -0.15) is 0 Å². The Morgan fingerprint density at radius 2 is 1.96 bits per heavy atom. The van der Waals surface area contributed by atoms with Crippen molar-refractivity contribution in [3.8, 4) is 0 Å². The number of fused-ring (bicyclic) bond motifs is 1. The smallest absolute Gasteiger partial charge is 0.260 e. The van der Waals surface area contributed by atoms with E-state index in [1.165, 1.54) is 5.56 Å². The predicted octanol–water partition coefficient (Wildman–Crippen LogP) is 5.05. The molecule has 0 spiro atoms. The maximum Gasteiger partial charge on any atom is 0.260 e. The van der Waals surface area contributed by atoms with Gasteiger partial charge in [-0.15, -0.1) is 0 Å². The minimum absolute atomic E-state index is 0.00113. The van der Waals surface area contributed by atoms with E-state index in [0.717, 1.165) is 51.5 Å². The monoisotopic (exact) mass is 380 g/mol. The van der Waals surface area contributed by atoms with Gasteiger partial charge >= 0.3 is 0 Å². The standard InChI is InChI=1S/C22H24N2O2S/c1-14-6-8-18(16(3)11-14)21(25)24(13-17-5-4-10-26-17)22-23-19-9-7-15(2)12-20(19)27-22/h6-9,11-12,17H,4-5,10,13H2,1-3H3. The lowest BCUT2D eigenvalue weighted by atomic mass is 10.0. The van der Waals surface area contributed by atoms with Crippen LogP contribution in [0.15, 0.2) is 36.4 Å². The van der Waals surface area contributed by atoms with Crippen molar-refractivity contribution in [1.29, 1.82) is 0 Å². The summed E-state index contributed by atoms with van der Waals surface area (Å²) in [6.07, 6.45) is 2.11. The first-order chi connectivity index (χ1) is 13.0. The average Bonchev–Trinajstić information content (AvgIpc) is 3.28. The molecule has 1 aliphatic rings. The third kappa shape index (κ3) is 3.75. The quantitative estimate of drug-likeness (QED) is 0.636. The van der Waals surface area contributed by atoms with Crippen molar-refractivity contribution in [3.05, 3.63) is 58.7 Å². The van der Waals surface area contributed by atoms with Crippen LogP contribution in [-0.2, 0) is 4.74 Å². The fourth-order valence-corrected chi connectivity index (χ4v) is 4.65. The number of aromatic nitrogens is 1. The summed E-state index contributed by atoms with van der Waals surface area (Å²) >= 11 is 1.57. The van der Waals surface area contributed by atoms with Crippen LogP contribution in [0.1, 0.15) is 39.9 Å². The number of carbonyl (C=O) groups is 1. The largest absolute Gasteiger partial charge is 0.376 e. The van der Waals surface area contributed by atoms with E-state index in [4.69, 9.17) is 9.72 Å². The molecule has 1 atom stereocenters. The Kier molecular flexibility index (Phi) is 4.98. The van der Waals surface area contributed by atoms with Crippen LogP contribution in [0.3, 0.4) is 0 Å². The van der Waals surface area contributed by atoms with Gasteiger partial charge in [0, 0.05) is 12.2 Å². The summed E-state index contributed by atoms with van der Waals surface area (Å²) in [6, 6.07) is 12.2. The molecule has 1 fully saturated rings. The topological polar surface area (TPSA) is 42.4 Å². The lowest BCUT2D eigenvalue weighted by molar-refractivity contribution is 0.0917. The number of nitrogens with zero attached hydrogens (tertiary/aromatic N) is 2. The number of benzene rings is 2. The molecular weight excluding hydrogens is 356 g/mol. The van der Waals surface area contributed by atoms with E-state index in [1.54, 1.807) is 11.3 Å². The first-order valence-electron chi connectivity index (χ1n) is 9.39. The van der Waals surface area contributed by atoms with Crippen LogP contribution in [0.2, 0.25) is 0 Å². The van der Waals surface area contributed by atoms with E-state index in [9.17, 15) is 4.79 Å². The van der Waals surface area contributed by atoms with Crippen LogP contribution in [-0.4, -0.2) is 30.1 Å². The summed E-state index contributed by atoms with van der Waals surface area (Å²) in [5.41, 5.74) is 5.02. The molecule has 0 saturated carbocycles. The molecule has 1 aliphatic heterocycles. The molecule has 1 saturated heterocycles. The Bertz CT molecular complexity index is 989. The molecule has 1 unspecified atom stereocenters. The van der Waals surface area contributed by atoms with E-state index in [1.807, 2.05) is 36.9 Å². The van der Waals surface area contributed by atoms with Crippen molar-refractivity contribution < 1.29 is 9.53 Å². The maximum atomic E-state index is 13.4. The first-order valence-corrected chi connectivity index (χ1v) is 10.2. The molecule has 1 aromatic heterocycles. The summed E-state index contributed by atoms with van der Waals surface area (Å²) in [6.45, 7) is 7.43. The second-order valence-electron chi connectivity index (χ2n) is 7.34. The van der Waals surface area contributed by atoms with Gasteiger partial charge in [-0.25, -0.2) is 4.98 Å². The van der Waals surface area contributed by atoms with Gasteiger partial charge in [-0.1, -0.05) is 35.1 Å². The second-order valence-corrected chi connectivity index (χ2v) is 8.35. The van der Waals surface area contributed by atoms with E-state index >= 15 is 0 Å². The van der Waals surface area contributed by atoms with Crippen molar-refractivity contribution in [2.75, 3.05) is 18.1 Å². The Morgan fingerprint density at radius 1 is 1.19 bits per heavy atom. The molecule has 140 valence electrons. The molecule has 0 bridgehead atoms. The van der Waals surface area contributed by atoms with Gasteiger partial charge in [-0.05, 0) is 62.9 Å². The Labute approximate surface area is 163 Å². The predicted molar refractivity (Wildman–Crippen MR) is 111 cm³/mol. The summed E-state index contributed by atoms with van der Waals surface area (Å²) in [5, 5.41) is 0.746. The molecule has 1 amide bonds. The van der Waals surface area contributed by atoms with Crippen molar-refractivity contribution in [3.63, 3.8) is 0 Å². The summed E-state index contributed by atoms with van der Waals surface area (Å²) < 4.78 is 6.92. The highest BCUT2D eigenvalue weighted by molar-refractivity contribution is 7.22. The number of thiazole rings is 1. The second kappa shape index (κ2) is 7.41. The van der Waals surface area contributed by atoms with E-state index in [-0.39, 0.29) is 12.0 Å². The zero-order chi connectivity index (χ0) is 19.0. The molecule has 0 N–H and O–H groups in total.